The standard InChI is InChI=1S/C30H33N5O3/c1-30(11-12-30)18-33-13-9-21(10-14-33)34-17-19(16-31-34)15-20-5-6-24-27-22(20)3-2-4-23(27)29(38)35(24)25-7-8-26(36)32-28(25)37/h2-6,16-17,21,25H,7-15,18H2,1H3,(H,32,36,37)/i16D,17D. The number of imide groups is 1. The highest BCUT2D eigenvalue weighted by molar-refractivity contribution is 6.27. The minimum Gasteiger partial charge on any atom is -0.303 e. The zero-order chi connectivity index (χ0) is 27.8. The quantitative estimate of drug-likeness (QED) is 0.506. The van der Waals surface area contributed by atoms with Crippen LogP contribution in [0.3, 0.4) is 0 Å². The Kier molecular flexibility index (Phi) is 4.94. The summed E-state index contributed by atoms with van der Waals surface area (Å²) in [5, 5.41) is 8.52. The highest BCUT2D eigenvalue weighted by atomic mass is 16.2. The molecule has 1 aliphatic carbocycles. The van der Waals surface area contributed by atoms with Crippen molar-refractivity contribution in [3.05, 3.63) is 59.4 Å². The van der Waals surface area contributed by atoms with Gasteiger partial charge in [0.1, 0.15) is 6.04 Å². The van der Waals surface area contributed by atoms with Gasteiger partial charge in [-0.2, -0.15) is 5.10 Å². The lowest BCUT2D eigenvalue weighted by Gasteiger charge is -2.33. The first-order chi connectivity index (χ1) is 19.2. The van der Waals surface area contributed by atoms with Gasteiger partial charge in [0.05, 0.1) is 20.6 Å². The van der Waals surface area contributed by atoms with Crippen LogP contribution in [0.4, 0.5) is 5.69 Å². The van der Waals surface area contributed by atoms with E-state index in [-0.39, 0.29) is 36.9 Å². The molecule has 2 saturated heterocycles. The molecule has 38 heavy (non-hydrogen) atoms. The van der Waals surface area contributed by atoms with E-state index >= 15 is 0 Å². The predicted molar refractivity (Wildman–Crippen MR) is 144 cm³/mol. The fraction of sp³-hybridized carbons (Fsp3) is 0.467. The van der Waals surface area contributed by atoms with Crippen molar-refractivity contribution in [3.8, 4) is 0 Å². The number of hydrogen-bond donors (Lipinski definition) is 1. The number of hydrogen-bond acceptors (Lipinski definition) is 5. The van der Waals surface area contributed by atoms with E-state index in [4.69, 9.17) is 2.74 Å². The molecule has 3 aromatic rings. The first-order valence-corrected chi connectivity index (χ1v) is 13.7. The van der Waals surface area contributed by atoms with Crippen molar-refractivity contribution < 1.29 is 17.1 Å². The summed E-state index contributed by atoms with van der Waals surface area (Å²) in [4.78, 5) is 41.8. The van der Waals surface area contributed by atoms with Gasteiger partial charge in [-0.3, -0.25) is 29.3 Å². The third-order valence-electron chi connectivity index (χ3n) is 8.86. The lowest BCUT2D eigenvalue weighted by Crippen LogP contribution is -2.53. The maximum absolute atomic E-state index is 13.4. The summed E-state index contributed by atoms with van der Waals surface area (Å²) in [5.74, 6) is -1.02. The Bertz CT molecular complexity index is 1570. The van der Waals surface area contributed by atoms with Crippen LogP contribution in [0.15, 0.2) is 42.7 Å². The molecule has 1 N–H and O–H groups in total. The Morgan fingerprint density at radius 3 is 2.68 bits per heavy atom. The number of benzene rings is 2. The number of aromatic nitrogens is 2. The van der Waals surface area contributed by atoms with Gasteiger partial charge in [-0.1, -0.05) is 25.1 Å². The van der Waals surface area contributed by atoms with Crippen LogP contribution < -0.4 is 10.2 Å². The zero-order valence-corrected chi connectivity index (χ0v) is 21.6. The number of carbonyl (C=O) groups excluding carboxylic acids is 3. The van der Waals surface area contributed by atoms with Crippen LogP contribution in [0.5, 0.6) is 0 Å². The van der Waals surface area contributed by atoms with Gasteiger partial charge in [0, 0.05) is 49.6 Å². The minimum absolute atomic E-state index is 0.126. The fourth-order valence-corrected chi connectivity index (χ4v) is 6.44. The zero-order valence-electron chi connectivity index (χ0n) is 23.6. The summed E-state index contributed by atoms with van der Waals surface area (Å²) in [6.07, 6.45) is 5.76. The molecule has 1 unspecified atom stereocenters. The van der Waals surface area contributed by atoms with E-state index < -0.39 is 11.9 Å². The molecule has 3 aliphatic heterocycles. The van der Waals surface area contributed by atoms with Gasteiger partial charge in [-0.25, -0.2) is 0 Å². The number of carbonyl (C=O) groups is 3. The summed E-state index contributed by atoms with van der Waals surface area (Å²) in [5.41, 5.74) is 3.17. The molecule has 3 amide bonds. The molecule has 4 heterocycles. The fourth-order valence-electron chi connectivity index (χ4n) is 6.44. The van der Waals surface area contributed by atoms with Crippen LogP contribution >= 0.6 is 0 Å². The van der Waals surface area contributed by atoms with Gasteiger partial charge in [0.15, 0.2) is 0 Å². The number of nitrogens with one attached hydrogen (secondary N) is 1. The molecule has 1 aromatic heterocycles. The van der Waals surface area contributed by atoms with E-state index in [9.17, 15) is 14.4 Å². The average Bonchev–Trinajstić information content (AvgIpc) is 3.51. The predicted octanol–water partition coefficient (Wildman–Crippen LogP) is 3.83. The van der Waals surface area contributed by atoms with E-state index in [2.05, 4.69) is 22.2 Å². The van der Waals surface area contributed by atoms with Crippen molar-refractivity contribution >= 4 is 34.2 Å². The number of nitrogens with zero attached hydrogens (tertiary/aromatic N) is 4. The molecule has 8 nitrogen and oxygen atoms in total. The molecular weight excluding hydrogens is 478 g/mol. The maximum Gasteiger partial charge on any atom is 0.259 e. The van der Waals surface area contributed by atoms with Crippen molar-refractivity contribution in [3.63, 3.8) is 0 Å². The third-order valence-corrected chi connectivity index (χ3v) is 8.86. The summed E-state index contributed by atoms with van der Waals surface area (Å²) >= 11 is 0. The Hall–Kier alpha value is -3.52. The van der Waals surface area contributed by atoms with Crippen LogP contribution in [-0.4, -0.2) is 58.1 Å². The van der Waals surface area contributed by atoms with E-state index in [0.29, 0.717) is 34.8 Å². The maximum atomic E-state index is 13.4. The highest BCUT2D eigenvalue weighted by Gasteiger charge is 2.41. The minimum atomic E-state index is -0.733. The lowest BCUT2D eigenvalue weighted by molar-refractivity contribution is -0.134. The molecule has 0 radical (unpaired) electrons. The molecule has 3 fully saturated rings. The van der Waals surface area contributed by atoms with Gasteiger partial charge in [-0.05, 0) is 66.2 Å². The first kappa shape index (κ1) is 21.4. The van der Waals surface area contributed by atoms with Gasteiger partial charge in [0.2, 0.25) is 11.8 Å². The van der Waals surface area contributed by atoms with Gasteiger partial charge in [-0.15, -0.1) is 0 Å². The van der Waals surface area contributed by atoms with Crippen LogP contribution in [0.25, 0.3) is 10.8 Å². The molecule has 1 saturated carbocycles. The van der Waals surface area contributed by atoms with Gasteiger partial charge in [0.25, 0.3) is 5.91 Å². The van der Waals surface area contributed by atoms with Crippen molar-refractivity contribution in [2.45, 2.75) is 64.0 Å². The van der Waals surface area contributed by atoms with Gasteiger partial charge < -0.3 is 4.90 Å². The molecule has 4 aliphatic rings. The van der Waals surface area contributed by atoms with Crippen LogP contribution in [0.1, 0.15) is 75.7 Å². The molecule has 8 heteroatoms. The summed E-state index contributed by atoms with van der Waals surface area (Å²) in [7, 11) is 0. The van der Waals surface area contributed by atoms with Crippen molar-refractivity contribution in [2.75, 3.05) is 24.5 Å². The van der Waals surface area contributed by atoms with Crippen molar-refractivity contribution in [1.82, 2.24) is 20.0 Å². The molecule has 0 bridgehead atoms. The monoisotopic (exact) mass is 513 g/mol. The largest absolute Gasteiger partial charge is 0.303 e. The first-order valence-electron chi connectivity index (χ1n) is 14.7. The second-order valence-corrected chi connectivity index (χ2v) is 11.8. The molecule has 1 atom stereocenters. The number of likely N-dealkylation sites (tertiary alicyclic amines) is 1. The van der Waals surface area contributed by atoms with Gasteiger partial charge >= 0.3 is 0 Å². The molecule has 0 spiro atoms. The second-order valence-electron chi connectivity index (χ2n) is 11.8. The van der Waals surface area contributed by atoms with E-state index in [1.807, 2.05) is 24.3 Å². The van der Waals surface area contributed by atoms with E-state index in [1.54, 1.807) is 10.7 Å². The van der Waals surface area contributed by atoms with Crippen molar-refractivity contribution in [1.29, 1.82) is 0 Å². The van der Waals surface area contributed by atoms with E-state index in [0.717, 1.165) is 48.8 Å². The number of rotatable bonds is 6. The topological polar surface area (TPSA) is 87.5 Å². The summed E-state index contributed by atoms with van der Waals surface area (Å²) in [6, 6.07) is 8.72. The van der Waals surface area contributed by atoms with Crippen molar-refractivity contribution in [2.24, 2.45) is 5.41 Å². The molecule has 2 aromatic carbocycles. The number of anilines is 1. The normalized spacial score (nSPS) is 24.1. The van der Waals surface area contributed by atoms with E-state index in [1.165, 1.54) is 17.7 Å². The smallest absolute Gasteiger partial charge is 0.259 e. The van der Waals surface area contributed by atoms with Crippen LogP contribution in [0, 0.1) is 5.41 Å². The van der Waals surface area contributed by atoms with Crippen LogP contribution in [-0.2, 0) is 16.0 Å². The Labute approximate surface area is 224 Å². The number of piperidine rings is 2. The Morgan fingerprint density at radius 1 is 1.11 bits per heavy atom. The molecule has 196 valence electrons. The molecule has 7 rings (SSSR count). The SMILES string of the molecule is [2H]c1nn(C2CCN(CC3(C)CC3)CC2)c([2H])c1Cc1ccc2c3c(cccc13)C(=O)N2C1CCC(=O)NC1=O. The molecular formula is C30H33N5O3. The number of amides is 3. The third kappa shape index (κ3) is 4.02. The lowest BCUT2D eigenvalue weighted by atomic mass is 9.97. The van der Waals surface area contributed by atoms with Crippen LogP contribution in [0.2, 0.25) is 0 Å². The highest BCUT2D eigenvalue weighted by Crippen LogP contribution is 2.46. The average molecular weight is 514 g/mol. The summed E-state index contributed by atoms with van der Waals surface area (Å²) in [6.45, 7) is 5.50. The Balaban J connectivity index is 1.16. The second kappa shape index (κ2) is 8.76. The Morgan fingerprint density at radius 2 is 1.92 bits per heavy atom. The summed E-state index contributed by atoms with van der Waals surface area (Å²) < 4.78 is 19.3.